The maximum Gasteiger partial charge on any atom is 0.307 e. The van der Waals surface area contributed by atoms with Gasteiger partial charge in [0.2, 0.25) is 0 Å². The molecule has 1 fully saturated rings. The summed E-state index contributed by atoms with van der Waals surface area (Å²) in [5.74, 6) is 1.69. The highest BCUT2D eigenvalue weighted by molar-refractivity contribution is 7.09. The molecule has 1 saturated carbocycles. The number of oxazole rings is 1. The van der Waals surface area contributed by atoms with E-state index in [0.717, 1.165) is 41.9 Å². The van der Waals surface area contributed by atoms with E-state index in [1.165, 1.54) is 12.8 Å². The average Bonchev–Trinajstić information content (AvgIpc) is 2.89. The monoisotopic (exact) mass is 303 g/mol. The van der Waals surface area contributed by atoms with E-state index in [4.69, 9.17) is 4.42 Å². The minimum atomic E-state index is -0.230. The van der Waals surface area contributed by atoms with Crippen LogP contribution in [0.5, 0.6) is 0 Å². The van der Waals surface area contributed by atoms with Crippen LogP contribution in [0.15, 0.2) is 21.9 Å². The average molecular weight is 303 g/mol. The Morgan fingerprint density at radius 2 is 2.38 bits per heavy atom. The van der Waals surface area contributed by atoms with Crippen molar-refractivity contribution in [3.63, 3.8) is 0 Å². The van der Waals surface area contributed by atoms with Gasteiger partial charge in [-0.3, -0.25) is 9.69 Å². The number of amides is 1. The number of nitrogens with zero attached hydrogens (tertiary/aromatic N) is 2. The number of carbonyl (C=O) groups is 1. The summed E-state index contributed by atoms with van der Waals surface area (Å²) in [6.45, 7) is 3.26. The smallest absolute Gasteiger partial charge is 0.307 e. The lowest BCUT2D eigenvalue weighted by Crippen LogP contribution is -2.23. The van der Waals surface area contributed by atoms with Crippen LogP contribution in [0.4, 0.5) is 0 Å². The Morgan fingerprint density at radius 3 is 3.10 bits per heavy atom. The molecule has 110 valence electrons. The van der Waals surface area contributed by atoms with Crippen molar-refractivity contribution in [3.8, 4) is 0 Å². The molecule has 4 rings (SSSR count). The largest absolute Gasteiger partial charge is 0.436 e. The fourth-order valence-electron chi connectivity index (χ4n) is 2.65. The van der Waals surface area contributed by atoms with Crippen molar-refractivity contribution in [3.05, 3.63) is 39.7 Å². The molecule has 0 saturated heterocycles. The second-order valence-corrected chi connectivity index (χ2v) is 6.80. The summed E-state index contributed by atoms with van der Waals surface area (Å²) in [5.41, 5.74) is 0.928. The summed E-state index contributed by atoms with van der Waals surface area (Å²) in [4.78, 5) is 19.9. The summed E-state index contributed by atoms with van der Waals surface area (Å²) < 4.78 is 5.63. The van der Waals surface area contributed by atoms with Crippen LogP contribution in [0.1, 0.15) is 39.9 Å². The lowest BCUT2D eigenvalue weighted by molar-refractivity contribution is 0.0912. The molecule has 2 aromatic heterocycles. The van der Waals surface area contributed by atoms with Gasteiger partial charge in [0.15, 0.2) is 0 Å². The van der Waals surface area contributed by atoms with Crippen molar-refractivity contribution in [2.45, 2.75) is 32.5 Å². The van der Waals surface area contributed by atoms with Crippen molar-refractivity contribution >= 4 is 17.2 Å². The van der Waals surface area contributed by atoms with E-state index in [1.807, 2.05) is 17.5 Å². The number of hydrogen-bond donors (Lipinski definition) is 1. The van der Waals surface area contributed by atoms with E-state index < -0.39 is 0 Å². The summed E-state index contributed by atoms with van der Waals surface area (Å²) in [6, 6.07) is 3.97. The number of aromatic nitrogens is 1. The molecule has 2 aromatic rings. The molecule has 1 aliphatic carbocycles. The van der Waals surface area contributed by atoms with Gasteiger partial charge in [0, 0.05) is 18.0 Å². The molecule has 2 aliphatic rings. The summed E-state index contributed by atoms with van der Waals surface area (Å²) in [7, 11) is 0. The number of carbonyl (C=O) groups excluding carboxylic acids is 1. The zero-order chi connectivity index (χ0) is 14.2. The molecule has 21 heavy (non-hydrogen) atoms. The quantitative estimate of drug-likeness (QED) is 0.921. The second kappa shape index (κ2) is 5.27. The Bertz CT molecular complexity index is 622. The van der Waals surface area contributed by atoms with Crippen molar-refractivity contribution in [1.82, 2.24) is 15.2 Å². The molecule has 0 spiro atoms. The first-order valence-electron chi connectivity index (χ1n) is 7.29. The molecule has 6 heteroatoms. The maximum atomic E-state index is 12.0. The molecular weight excluding hydrogens is 286 g/mol. The molecule has 5 nitrogen and oxygen atoms in total. The Balaban J connectivity index is 1.35. The van der Waals surface area contributed by atoms with Gasteiger partial charge in [0.05, 0.1) is 18.8 Å². The minimum absolute atomic E-state index is 0.197. The van der Waals surface area contributed by atoms with Crippen molar-refractivity contribution in [2.75, 3.05) is 6.54 Å². The maximum absolute atomic E-state index is 12.0. The molecule has 0 bridgehead atoms. The Labute approximate surface area is 127 Å². The Morgan fingerprint density at radius 1 is 1.48 bits per heavy atom. The minimum Gasteiger partial charge on any atom is -0.436 e. The summed E-state index contributed by atoms with van der Waals surface area (Å²) >= 11 is 1.62. The third kappa shape index (κ3) is 2.87. The van der Waals surface area contributed by atoms with Crippen molar-refractivity contribution in [1.29, 1.82) is 0 Å². The van der Waals surface area contributed by atoms with Gasteiger partial charge in [0.25, 0.3) is 5.89 Å². The molecule has 0 aromatic carbocycles. The molecule has 0 radical (unpaired) electrons. The zero-order valence-corrected chi connectivity index (χ0v) is 12.5. The number of rotatable bonds is 5. The lowest BCUT2D eigenvalue weighted by atomic mass is 10.4. The van der Waals surface area contributed by atoms with Crippen molar-refractivity contribution < 1.29 is 9.21 Å². The zero-order valence-electron chi connectivity index (χ0n) is 11.7. The van der Waals surface area contributed by atoms with Crippen LogP contribution < -0.4 is 5.32 Å². The van der Waals surface area contributed by atoms with Crippen LogP contribution in [-0.4, -0.2) is 22.3 Å². The number of nitrogens with one attached hydrogen (secondary N) is 1. The van der Waals surface area contributed by atoms with Crippen LogP contribution in [0, 0.1) is 5.92 Å². The van der Waals surface area contributed by atoms with Gasteiger partial charge in [-0.2, -0.15) is 0 Å². The van der Waals surface area contributed by atoms with Crippen LogP contribution >= 0.6 is 11.3 Å². The van der Waals surface area contributed by atoms with E-state index in [1.54, 1.807) is 11.3 Å². The first kappa shape index (κ1) is 13.0. The van der Waals surface area contributed by atoms with Gasteiger partial charge >= 0.3 is 5.91 Å². The van der Waals surface area contributed by atoms with Crippen LogP contribution in [0.25, 0.3) is 0 Å². The third-order valence-corrected chi connectivity index (χ3v) is 4.81. The van der Waals surface area contributed by atoms with Gasteiger partial charge in [-0.1, -0.05) is 6.07 Å². The first-order valence-corrected chi connectivity index (χ1v) is 8.17. The Hall–Kier alpha value is -1.66. The van der Waals surface area contributed by atoms with Gasteiger partial charge in [-0.05, 0) is 30.2 Å². The summed E-state index contributed by atoms with van der Waals surface area (Å²) in [5, 5.41) is 4.84. The van der Waals surface area contributed by atoms with E-state index in [0.29, 0.717) is 6.54 Å². The van der Waals surface area contributed by atoms with E-state index in [-0.39, 0.29) is 11.8 Å². The predicted octanol–water partition coefficient (Wildman–Crippen LogP) is 2.39. The van der Waals surface area contributed by atoms with Gasteiger partial charge in [0.1, 0.15) is 5.76 Å². The molecule has 0 unspecified atom stereocenters. The normalized spacial score (nSPS) is 17.9. The Kier molecular flexibility index (Phi) is 3.27. The second-order valence-electron chi connectivity index (χ2n) is 5.76. The van der Waals surface area contributed by atoms with Crippen LogP contribution in [0.3, 0.4) is 0 Å². The fourth-order valence-corrected chi connectivity index (χ4v) is 3.29. The number of hydrogen-bond acceptors (Lipinski definition) is 5. The van der Waals surface area contributed by atoms with Crippen molar-refractivity contribution in [2.24, 2.45) is 5.92 Å². The molecule has 0 atom stereocenters. The fraction of sp³-hybridized carbons (Fsp3) is 0.467. The molecule has 1 aliphatic heterocycles. The van der Waals surface area contributed by atoms with Gasteiger partial charge in [-0.25, -0.2) is 4.98 Å². The summed E-state index contributed by atoms with van der Waals surface area (Å²) in [6.07, 6.45) is 2.70. The number of fused-ring (bicyclic) bond motifs is 1. The first-order chi connectivity index (χ1) is 10.3. The topological polar surface area (TPSA) is 58.4 Å². The number of thiophene rings is 1. The van der Waals surface area contributed by atoms with Crippen LogP contribution in [0.2, 0.25) is 0 Å². The highest BCUT2D eigenvalue weighted by Gasteiger charge is 2.31. The molecule has 1 amide bonds. The lowest BCUT2D eigenvalue weighted by Gasteiger charge is -2.12. The van der Waals surface area contributed by atoms with E-state index in [9.17, 15) is 4.79 Å². The van der Waals surface area contributed by atoms with Gasteiger partial charge < -0.3 is 9.73 Å². The van der Waals surface area contributed by atoms with E-state index in [2.05, 4.69) is 15.2 Å². The standard InChI is InChI=1S/C15H17N3O2S/c19-14(16-6-11-2-1-5-21-11)15-17-12-8-18(7-10-3-4-10)9-13(12)20-15/h1-2,5,10H,3-4,6-9H2,(H,16,19). The highest BCUT2D eigenvalue weighted by atomic mass is 32.1. The molecule has 3 heterocycles. The SMILES string of the molecule is O=C(NCc1cccs1)c1nc2c(o1)CN(CC1CC1)C2. The predicted molar refractivity (Wildman–Crippen MR) is 78.8 cm³/mol. The van der Waals surface area contributed by atoms with E-state index >= 15 is 0 Å². The highest BCUT2D eigenvalue weighted by Crippen LogP contribution is 2.33. The molecular formula is C15H17N3O2S. The molecule has 1 N–H and O–H groups in total. The third-order valence-electron chi connectivity index (χ3n) is 3.93. The van der Waals surface area contributed by atoms with Crippen LogP contribution in [-0.2, 0) is 19.6 Å². The van der Waals surface area contributed by atoms with Gasteiger partial charge in [-0.15, -0.1) is 11.3 Å².